The second kappa shape index (κ2) is 5.83. The van der Waals surface area contributed by atoms with Crippen molar-refractivity contribution in [3.63, 3.8) is 0 Å². The van der Waals surface area contributed by atoms with Gasteiger partial charge in [0.25, 0.3) is 0 Å². The number of likely N-dealkylation sites (tertiary alicyclic amines) is 1. The molecule has 3 heterocycles. The van der Waals surface area contributed by atoms with Crippen LogP contribution in [0.1, 0.15) is 19.3 Å². The van der Waals surface area contributed by atoms with Crippen molar-refractivity contribution in [2.45, 2.75) is 25.4 Å². The zero-order chi connectivity index (χ0) is 14.9. The Morgan fingerprint density at radius 2 is 2.14 bits per heavy atom. The first-order valence-electron chi connectivity index (χ1n) is 8.22. The van der Waals surface area contributed by atoms with Gasteiger partial charge in [-0.3, -0.25) is 4.79 Å². The lowest BCUT2D eigenvalue weighted by Gasteiger charge is -2.36. The van der Waals surface area contributed by atoms with Crippen molar-refractivity contribution in [1.82, 2.24) is 14.9 Å². The summed E-state index contributed by atoms with van der Waals surface area (Å²) in [7, 11) is 0. The number of anilines is 1. The highest BCUT2D eigenvalue weighted by atomic mass is 16.5. The molecule has 0 unspecified atom stereocenters. The van der Waals surface area contributed by atoms with E-state index in [-0.39, 0.29) is 6.10 Å². The molecule has 3 fully saturated rings. The Hall–Kier alpha value is -1.69. The molecular formula is C16H22N4O2. The minimum atomic E-state index is 0.142. The molecule has 0 spiro atoms. The SMILES string of the molecule is O=C(C1CC1)N1CC[C@@H]2CO[C@@H](CNc3ncccn3)[C@@H]2C1. The molecule has 1 aromatic rings. The minimum absolute atomic E-state index is 0.142. The van der Waals surface area contributed by atoms with Crippen molar-refractivity contribution in [2.24, 2.45) is 17.8 Å². The maximum atomic E-state index is 12.3. The van der Waals surface area contributed by atoms with Gasteiger partial charge >= 0.3 is 0 Å². The van der Waals surface area contributed by atoms with Crippen LogP contribution in [0.2, 0.25) is 0 Å². The molecule has 1 amide bonds. The van der Waals surface area contributed by atoms with Crippen molar-refractivity contribution < 1.29 is 9.53 Å². The molecule has 6 heteroatoms. The molecule has 3 atom stereocenters. The van der Waals surface area contributed by atoms with Crippen LogP contribution in [0.25, 0.3) is 0 Å². The van der Waals surface area contributed by atoms with E-state index in [1.54, 1.807) is 18.5 Å². The van der Waals surface area contributed by atoms with Gasteiger partial charge in [-0.05, 0) is 31.2 Å². The zero-order valence-electron chi connectivity index (χ0n) is 12.6. The summed E-state index contributed by atoms with van der Waals surface area (Å²) in [6, 6.07) is 1.80. The first kappa shape index (κ1) is 13.9. The predicted molar refractivity (Wildman–Crippen MR) is 81.2 cm³/mol. The highest BCUT2D eigenvalue weighted by molar-refractivity contribution is 5.81. The Balaban J connectivity index is 1.36. The largest absolute Gasteiger partial charge is 0.376 e. The smallest absolute Gasteiger partial charge is 0.225 e. The van der Waals surface area contributed by atoms with Gasteiger partial charge in [0.2, 0.25) is 11.9 Å². The van der Waals surface area contributed by atoms with E-state index in [2.05, 4.69) is 20.2 Å². The van der Waals surface area contributed by atoms with Crippen LogP contribution in [0.4, 0.5) is 5.95 Å². The Morgan fingerprint density at radius 3 is 2.91 bits per heavy atom. The molecule has 2 aliphatic heterocycles. The third-order valence-electron chi connectivity index (χ3n) is 5.07. The number of carbonyl (C=O) groups is 1. The number of fused-ring (bicyclic) bond motifs is 1. The average molecular weight is 302 g/mol. The summed E-state index contributed by atoms with van der Waals surface area (Å²) in [6.45, 7) is 3.28. The lowest BCUT2D eigenvalue weighted by molar-refractivity contribution is -0.135. The van der Waals surface area contributed by atoms with E-state index in [9.17, 15) is 4.79 Å². The van der Waals surface area contributed by atoms with E-state index < -0.39 is 0 Å². The fourth-order valence-electron chi connectivity index (χ4n) is 3.61. The van der Waals surface area contributed by atoms with E-state index in [0.717, 1.165) is 39.0 Å². The molecule has 4 rings (SSSR count). The molecule has 1 saturated carbocycles. The van der Waals surface area contributed by atoms with Gasteiger partial charge in [0.05, 0.1) is 12.7 Å². The number of nitrogens with one attached hydrogen (secondary N) is 1. The standard InChI is InChI=1S/C16H22N4O2/c21-15(11-2-3-11)20-7-4-12-10-22-14(13(12)9-20)8-19-16-17-5-1-6-18-16/h1,5-6,11-14H,2-4,7-10H2,(H,17,18,19)/t12-,13-,14+/m1/s1. The Labute approximate surface area is 130 Å². The summed E-state index contributed by atoms with van der Waals surface area (Å²) in [5.41, 5.74) is 0. The number of rotatable bonds is 4. The fraction of sp³-hybridized carbons (Fsp3) is 0.688. The number of hydrogen-bond acceptors (Lipinski definition) is 5. The second-order valence-electron chi connectivity index (χ2n) is 6.60. The van der Waals surface area contributed by atoms with Crippen LogP contribution in [0.15, 0.2) is 18.5 Å². The normalized spacial score (nSPS) is 30.9. The van der Waals surface area contributed by atoms with Crippen molar-refractivity contribution in [3.8, 4) is 0 Å². The number of amides is 1. The van der Waals surface area contributed by atoms with Gasteiger partial charge in [-0.15, -0.1) is 0 Å². The van der Waals surface area contributed by atoms with E-state index >= 15 is 0 Å². The van der Waals surface area contributed by atoms with Gasteiger partial charge in [-0.2, -0.15) is 0 Å². The van der Waals surface area contributed by atoms with Gasteiger partial charge in [0.15, 0.2) is 0 Å². The number of nitrogens with zero attached hydrogens (tertiary/aromatic N) is 3. The Morgan fingerprint density at radius 1 is 1.32 bits per heavy atom. The monoisotopic (exact) mass is 302 g/mol. The maximum absolute atomic E-state index is 12.3. The van der Waals surface area contributed by atoms with Gasteiger partial charge in [-0.25, -0.2) is 9.97 Å². The molecule has 1 N–H and O–H groups in total. The summed E-state index contributed by atoms with van der Waals surface area (Å²) in [5, 5.41) is 3.25. The van der Waals surface area contributed by atoms with E-state index in [4.69, 9.17) is 4.74 Å². The van der Waals surface area contributed by atoms with Crippen molar-refractivity contribution in [3.05, 3.63) is 18.5 Å². The van der Waals surface area contributed by atoms with Gasteiger partial charge in [0.1, 0.15) is 0 Å². The molecule has 0 bridgehead atoms. The molecule has 0 aromatic carbocycles. The summed E-state index contributed by atoms with van der Waals surface area (Å²) >= 11 is 0. The molecule has 3 aliphatic rings. The van der Waals surface area contributed by atoms with Gasteiger partial charge in [-0.1, -0.05) is 0 Å². The minimum Gasteiger partial charge on any atom is -0.376 e. The molecule has 6 nitrogen and oxygen atoms in total. The quantitative estimate of drug-likeness (QED) is 0.904. The molecule has 2 saturated heterocycles. The van der Waals surface area contributed by atoms with Crippen LogP contribution < -0.4 is 5.32 Å². The molecule has 22 heavy (non-hydrogen) atoms. The van der Waals surface area contributed by atoms with E-state index in [1.165, 1.54) is 0 Å². The lowest BCUT2D eigenvalue weighted by Crippen LogP contribution is -2.46. The average Bonchev–Trinajstić information content (AvgIpc) is 3.34. The van der Waals surface area contributed by atoms with Crippen LogP contribution in [0.5, 0.6) is 0 Å². The van der Waals surface area contributed by atoms with Crippen LogP contribution in [0.3, 0.4) is 0 Å². The van der Waals surface area contributed by atoms with E-state index in [1.807, 2.05) is 0 Å². The van der Waals surface area contributed by atoms with Crippen LogP contribution in [-0.4, -0.2) is 53.1 Å². The highest BCUT2D eigenvalue weighted by Gasteiger charge is 2.44. The number of piperidine rings is 1. The molecule has 118 valence electrons. The summed E-state index contributed by atoms with van der Waals surface area (Å²) in [4.78, 5) is 22.7. The first-order valence-corrected chi connectivity index (χ1v) is 8.22. The number of carbonyl (C=O) groups excluding carboxylic acids is 1. The Bertz CT molecular complexity index is 534. The Kier molecular flexibility index (Phi) is 3.70. The van der Waals surface area contributed by atoms with Crippen molar-refractivity contribution >= 4 is 11.9 Å². The van der Waals surface area contributed by atoms with Gasteiger partial charge in [0, 0.05) is 43.9 Å². The first-order chi connectivity index (χ1) is 10.8. The summed E-state index contributed by atoms with van der Waals surface area (Å²) in [5.74, 6) is 2.34. The third-order valence-corrected chi connectivity index (χ3v) is 5.07. The van der Waals surface area contributed by atoms with Crippen molar-refractivity contribution in [1.29, 1.82) is 0 Å². The van der Waals surface area contributed by atoms with Crippen LogP contribution in [-0.2, 0) is 9.53 Å². The summed E-state index contributed by atoms with van der Waals surface area (Å²) in [6.07, 6.45) is 6.83. The predicted octanol–water partition coefficient (Wildman–Crippen LogP) is 1.16. The summed E-state index contributed by atoms with van der Waals surface area (Å²) < 4.78 is 5.97. The zero-order valence-corrected chi connectivity index (χ0v) is 12.6. The number of ether oxygens (including phenoxy) is 1. The molecule has 1 aromatic heterocycles. The fourth-order valence-corrected chi connectivity index (χ4v) is 3.61. The van der Waals surface area contributed by atoms with Crippen LogP contribution in [0, 0.1) is 17.8 Å². The topological polar surface area (TPSA) is 67.3 Å². The number of aromatic nitrogens is 2. The highest BCUT2D eigenvalue weighted by Crippen LogP contribution is 2.37. The molecule has 1 aliphatic carbocycles. The third kappa shape index (κ3) is 2.79. The second-order valence-corrected chi connectivity index (χ2v) is 6.60. The lowest BCUT2D eigenvalue weighted by atomic mass is 9.84. The molecular weight excluding hydrogens is 280 g/mol. The van der Waals surface area contributed by atoms with Crippen molar-refractivity contribution in [2.75, 3.05) is 31.6 Å². The number of hydrogen-bond donors (Lipinski definition) is 1. The van der Waals surface area contributed by atoms with E-state index in [0.29, 0.717) is 36.2 Å². The molecule has 0 radical (unpaired) electrons. The van der Waals surface area contributed by atoms with Gasteiger partial charge < -0.3 is 15.0 Å². The maximum Gasteiger partial charge on any atom is 0.225 e. The van der Waals surface area contributed by atoms with Crippen LogP contribution >= 0.6 is 0 Å².